The Bertz CT molecular complexity index is 1190. The molecule has 2 amide bonds. The molecular formula is C27H28N4O3. The highest BCUT2D eigenvalue weighted by molar-refractivity contribution is 5.89. The third kappa shape index (κ3) is 6.70. The van der Waals surface area contributed by atoms with Gasteiger partial charge in [0.05, 0.1) is 26.7 Å². The molecule has 4 aromatic rings. The van der Waals surface area contributed by atoms with Crippen LogP contribution in [0.15, 0.2) is 91.5 Å². The topological polar surface area (TPSA) is 77.4 Å². The van der Waals surface area contributed by atoms with E-state index in [4.69, 9.17) is 9.47 Å². The predicted octanol–water partition coefficient (Wildman–Crippen LogP) is 4.98. The summed E-state index contributed by atoms with van der Waals surface area (Å²) >= 11 is 0. The van der Waals surface area contributed by atoms with Gasteiger partial charge in [-0.25, -0.2) is 9.78 Å². The number of imidazole rings is 1. The van der Waals surface area contributed by atoms with E-state index in [1.807, 2.05) is 77.5 Å². The van der Waals surface area contributed by atoms with Gasteiger partial charge in [0.25, 0.3) is 0 Å². The summed E-state index contributed by atoms with van der Waals surface area (Å²) in [7, 11) is 1.65. The second-order valence-corrected chi connectivity index (χ2v) is 7.85. The molecule has 4 rings (SSSR count). The molecule has 0 fully saturated rings. The maximum atomic E-state index is 12.5. The first-order chi connectivity index (χ1) is 16.7. The molecule has 174 valence electrons. The Kier molecular flexibility index (Phi) is 7.92. The monoisotopic (exact) mass is 456 g/mol. The van der Waals surface area contributed by atoms with Crippen LogP contribution in [0.1, 0.15) is 22.3 Å². The molecule has 1 aromatic heterocycles. The highest BCUT2D eigenvalue weighted by Gasteiger charge is 2.07. The number of carbonyl (C=O) groups excluding carboxylic acids is 1. The summed E-state index contributed by atoms with van der Waals surface area (Å²) in [4.78, 5) is 16.6. The Morgan fingerprint density at radius 1 is 0.941 bits per heavy atom. The summed E-state index contributed by atoms with van der Waals surface area (Å²) in [5.41, 5.74) is 4.97. The molecule has 3 aromatic carbocycles. The van der Waals surface area contributed by atoms with Gasteiger partial charge in [-0.1, -0.05) is 48.5 Å². The number of carbonyl (C=O) groups is 1. The van der Waals surface area contributed by atoms with E-state index in [0.717, 1.165) is 33.7 Å². The van der Waals surface area contributed by atoms with Crippen LogP contribution in [0.5, 0.6) is 5.75 Å². The Morgan fingerprint density at radius 2 is 1.74 bits per heavy atom. The van der Waals surface area contributed by atoms with Crippen LogP contribution in [0.4, 0.5) is 10.5 Å². The molecule has 0 aliphatic carbocycles. The van der Waals surface area contributed by atoms with Crippen molar-refractivity contribution in [1.82, 2.24) is 14.9 Å². The summed E-state index contributed by atoms with van der Waals surface area (Å²) in [5, 5.41) is 5.85. The standard InChI is InChI=1S/C27H28N4O3/c1-33-26-11-9-21(10-12-26)18-34-19-22-5-4-8-25(15-22)30-27(32)29-16-23-6-2-3-7-24(23)17-31-14-13-28-20-31/h2-15,20H,16-19H2,1H3,(H2,29,30,32). The Hall–Kier alpha value is -4.10. The third-order valence-electron chi connectivity index (χ3n) is 5.35. The van der Waals surface area contributed by atoms with Crippen LogP contribution in [0.25, 0.3) is 0 Å². The number of rotatable bonds is 10. The zero-order valence-corrected chi connectivity index (χ0v) is 19.1. The van der Waals surface area contributed by atoms with E-state index in [-0.39, 0.29) is 6.03 Å². The number of aromatic nitrogens is 2. The highest BCUT2D eigenvalue weighted by atomic mass is 16.5. The van der Waals surface area contributed by atoms with Gasteiger partial charge in [-0.15, -0.1) is 0 Å². The van der Waals surface area contributed by atoms with Crippen LogP contribution in [-0.4, -0.2) is 22.7 Å². The van der Waals surface area contributed by atoms with E-state index in [1.54, 1.807) is 19.6 Å². The number of amides is 2. The summed E-state index contributed by atoms with van der Waals surface area (Å²) in [6, 6.07) is 23.2. The number of anilines is 1. The number of hydrogen-bond acceptors (Lipinski definition) is 4. The van der Waals surface area contributed by atoms with Crippen molar-refractivity contribution in [2.45, 2.75) is 26.3 Å². The van der Waals surface area contributed by atoms with Gasteiger partial charge in [-0.05, 0) is 46.5 Å². The van der Waals surface area contributed by atoms with Gasteiger partial charge in [0.1, 0.15) is 5.75 Å². The van der Waals surface area contributed by atoms with Crippen molar-refractivity contribution in [3.63, 3.8) is 0 Å². The molecule has 0 unspecified atom stereocenters. The summed E-state index contributed by atoms with van der Waals surface area (Å²) < 4.78 is 13.0. The zero-order chi connectivity index (χ0) is 23.6. The molecule has 1 heterocycles. The van der Waals surface area contributed by atoms with Gasteiger partial charge in [-0.3, -0.25) is 0 Å². The summed E-state index contributed by atoms with van der Waals surface area (Å²) in [6.45, 7) is 2.09. The first-order valence-electron chi connectivity index (χ1n) is 11.1. The zero-order valence-electron chi connectivity index (χ0n) is 19.1. The van der Waals surface area contributed by atoms with Gasteiger partial charge < -0.3 is 24.7 Å². The lowest BCUT2D eigenvalue weighted by Crippen LogP contribution is -2.28. The fourth-order valence-electron chi connectivity index (χ4n) is 3.56. The third-order valence-corrected chi connectivity index (χ3v) is 5.35. The number of nitrogens with one attached hydrogen (secondary N) is 2. The lowest BCUT2D eigenvalue weighted by atomic mass is 10.1. The Morgan fingerprint density at radius 3 is 2.50 bits per heavy atom. The van der Waals surface area contributed by atoms with E-state index < -0.39 is 0 Å². The van der Waals surface area contributed by atoms with Gasteiger partial charge in [0.15, 0.2) is 0 Å². The van der Waals surface area contributed by atoms with Crippen molar-refractivity contribution in [3.8, 4) is 5.75 Å². The molecule has 0 radical (unpaired) electrons. The average Bonchev–Trinajstić information content (AvgIpc) is 3.37. The van der Waals surface area contributed by atoms with Crippen molar-refractivity contribution in [2.24, 2.45) is 0 Å². The van der Waals surface area contributed by atoms with E-state index in [2.05, 4.69) is 21.7 Å². The van der Waals surface area contributed by atoms with Crippen LogP contribution < -0.4 is 15.4 Å². The van der Waals surface area contributed by atoms with E-state index in [1.165, 1.54) is 0 Å². The molecule has 34 heavy (non-hydrogen) atoms. The molecule has 0 spiro atoms. The minimum absolute atomic E-state index is 0.256. The van der Waals surface area contributed by atoms with Crippen molar-refractivity contribution in [3.05, 3.63) is 114 Å². The van der Waals surface area contributed by atoms with Crippen molar-refractivity contribution in [1.29, 1.82) is 0 Å². The SMILES string of the molecule is COc1ccc(COCc2cccc(NC(=O)NCc3ccccc3Cn3ccnc3)c2)cc1. The van der Waals surface area contributed by atoms with E-state index >= 15 is 0 Å². The van der Waals surface area contributed by atoms with Crippen LogP contribution in [0, 0.1) is 0 Å². The van der Waals surface area contributed by atoms with Crippen molar-refractivity contribution >= 4 is 11.7 Å². The maximum absolute atomic E-state index is 12.5. The lowest BCUT2D eigenvalue weighted by Gasteiger charge is -2.12. The molecule has 7 nitrogen and oxygen atoms in total. The van der Waals surface area contributed by atoms with Crippen molar-refractivity contribution < 1.29 is 14.3 Å². The summed E-state index contributed by atoms with van der Waals surface area (Å²) in [6.07, 6.45) is 5.46. The Balaban J connectivity index is 1.26. The molecule has 0 aliphatic rings. The van der Waals surface area contributed by atoms with Crippen LogP contribution >= 0.6 is 0 Å². The maximum Gasteiger partial charge on any atom is 0.319 e. The molecular weight excluding hydrogens is 428 g/mol. The van der Waals surface area contributed by atoms with E-state index in [0.29, 0.717) is 26.3 Å². The number of hydrogen-bond donors (Lipinski definition) is 2. The van der Waals surface area contributed by atoms with Gasteiger partial charge in [0, 0.05) is 31.2 Å². The van der Waals surface area contributed by atoms with Gasteiger partial charge in [0.2, 0.25) is 0 Å². The molecule has 0 saturated carbocycles. The number of nitrogens with zero attached hydrogens (tertiary/aromatic N) is 2. The fraction of sp³-hybridized carbons (Fsp3) is 0.185. The van der Waals surface area contributed by atoms with Gasteiger partial charge >= 0.3 is 6.03 Å². The first kappa shape index (κ1) is 23.1. The Labute approximate surface area is 199 Å². The van der Waals surface area contributed by atoms with Gasteiger partial charge in [-0.2, -0.15) is 0 Å². The number of benzene rings is 3. The first-order valence-corrected chi connectivity index (χ1v) is 11.1. The number of urea groups is 1. The number of methoxy groups -OCH3 is 1. The summed E-state index contributed by atoms with van der Waals surface area (Å²) in [5.74, 6) is 0.822. The minimum Gasteiger partial charge on any atom is -0.497 e. The quantitative estimate of drug-likeness (QED) is 0.353. The second-order valence-electron chi connectivity index (χ2n) is 7.85. The van der Waals surface area contributed by atoms with Crippen LogP contribution in [-0.2, 0) is 31.0 Å². The molecule has 0 atom stereocenters. The van der Waals surface area contributed by atoms with Crippen LogP contribution in [0.2, 0.25) is 0 Å². The predicted molar refractivity (Wildman–Crippen MR) is 132 cm³/mol. The van der Waals surface area contributed by atoms with Crippen molar-refractivity contribution in [2.75, 3.05) is 12.4 Å². The lowest BCUT2D eigenvalue weighted by molar-refractivity contribution is 0.107. The largest absolute Gasteiger partial charge is 0.497 e. The number of ether oxygens (including phenoxy) is 2. The van der Waals surface area contributed by atoms with E-state index in [9.17, 15) is 4.79 Å². The fourth-order valence-corrected chi connectivity index (χ4v) is 3.56. The smallest absolute Gasteiger partial charge is 0.319 e. The molecule has 0 aliphatic heterocycles. The highest BCUT2D eigenvalue weighted by Crippen LogP contribution is 2.15. The average molecular weight is 457 g/mol. The normalized spacial score (nSPS) is 10.6. The molecule has 7 heteroatoms. The molecule has 2 N–H and O–H groups in total. The van der Waals surface area contributed by atoms with Crippen LogP contribution in [0.3, 0.4) is 0 Å². The molecule has 0 bridgehead atoms. The second kappa shape index (κ2) is 11.7. The minimum atomic E-state index is -0.256. The molecule has 0 saturated heterocycles.